The Kier molecular flexibility index (Phi) is 3.12. The number of aryl methyl sites for hydroxylation is 1. The molecule has 0 saturated heterocycles. The van der Waals surface area contributed by atoms with E-state index in [9.17, 15) is 9.59 Å². The summed E-state index contributed by atoms with van der Waals surface area (Å²) < 4.78 is 0. The molecule has 19 heavy (non-hydrogen) atoms. The van der Waals surface area contributed by atoms with Gasteiger partial charge in [-0.25, -0.2) is 0 Å². The number of aliphatic carboxylic acids is 1. The molecule has 2 atom stereocenters. The fourth-order valence-electron chi connectivity index (χ4n) is 2.66. The summed E-state index contributed by atoms with van der Waals surface area (Å²) in [5.74, 6) is -2.02. The van der Waals surface area contributed by atoms with E-state index < -0.39 is 23.2 Å². The molecule has 0 aromatic heterocycles. The van der Waals surface area contributed by atoms with E-state index in [0.717, 1.165) is 11.3 Å². The molecule has 1 N–H and O–H groups in total. The molecule has 0 heterocycles. The minimum Gasteiger partial charge on any atom is -0.481 e. The standard InChI is InChI=1S/C15H19NO3/c1-9-5-7-10(8-6-9)16(4)13(17)11-12(14(18)19)15(11,2)3/h5-8,11-12H,1-4H3,(H,18,19)/t11-,12+/m0/s1. The van der Waals surface area contributed by atoms with Crippen LogP contribution in [0.2, 0.25) is 0 Å². The van der Waals surface area contributed by atoms with Gasteiger partial charge in [-0.3, -0.25) is 9.59 Å². The van der Waals surface area contributed by atoms with E-state index in [1.54, 1.807) is 11.9 Å². The first kappa shape index (κ1) is 13.6. The molecule has 0 unspecified atom stereocenters. The van der Waals surface area contributed by atoms with Gasteiger partial charge in [0.25, 0.3) is 0 Å². The van der Waals surface area contributed by atoms with Gasteiger partial charge in [0, 0.05) is 12.7 Å². The molecule has 1 aliphatic carbocycles. The molecule has 0 radical (unpaired) electrons. The number of hydrogen-bond donors (Lipinski definition) is 1. The van der Waals surface area contributed by atoms with Crippen LogP contribution in [0.4, 0.5) is 5.69 Å². The lowest BCUT2D eigenvalue weighted by molar-refractivity contribution is -0.140. The molecule has 1 amide bonds. The third-order valence-electron chi connectivity index (χ3n) is 4.11. The van der Waals surface area contributed by atoms with Crippen LogP contribution in [-0.4, -0.2) is 24.0 Å². The third kappa shape index (κ3) is 2.23. The van der Waals surface area contributed by atoms with Crippen molar-refractivity contribution in [3.63, 3.8) is 0 Å². The van der Waals surface area contributed by atoms with Crippen molar-refractivity contribution in [3.8, 4) is 0 Å². The van der Waals surface area contributed by atoms with Crippen molar-refractivity contribution in [1.29, 1.82) is 0 Å². The normalized spacial score (nSPS) is 23.8. The van der Waals surface area contributed by atoms with Crippen molar-refractivity contribution in [2.45, 2.75) is 20.8 Å². The molecule has 4 heteroatoms. The molecule has 2 rings (SSSR count). The van der Waals surface area contributed by atoms with Gasteiger partial charge < -0.3 is 10.0 Å². The van der Waals surface area contributed by atoms with Gasteiger partial charge >= 0.3 is 5.97 Å². The maximum Gasteiger partial charge on any atom is 0.307 e. The third-order valence-corrected chi connectivity index (χ3v) is 4.11. The zero-order valence-corrected chi connectivity index (χ0v) is 11.7. The van der Waals surface area contributed by atoms with Crippen LogP contribution in [0.1, 0.15) is 19.4 Å². The molecule has 1 aliphatic rings. The number of carboxylic acid groups (broad SMARTS) is 1. The Bertz CT molecular complexity index is 519. The van der Waals surface area contributed by atoms with Gasteiger partial charge in [-0.2, -0.15) is 0 Å². The van der Waals surface area contributed by atoms with Crippen molar-refractivity contribution < 1.29 is 14.7 Å². The lowest BCUT2D eigenvalue weighted by Crippen LogP contribution is -2.29. The van der Waals surface area contributed by atoms with Crippen molar-refractivity contribution in [2.75, 3.05) is 11.9 Å². The summed E-state index contributed by atoms with van der Waals surface area (Å²) in [6.07, 6.45) is 0. The lowest BCUT2D eigenvalue weighted by atomic mass is 10.1. The largest absolute Gasteiger partial charge is 0.481 e. The Labute approximate surface area is 113 Å². The van der Waals surface area contributed by atoms with E-state index in [1.807, 2.05) is 45.0 Å². The van der Waals surface area contributed by atoms with E-state index in [-0.39, 0.29) is 5.91 Å². The summed E-state index contributed by atoms with van der Waals surface area (Å²) in [6, 6.07) is 7.62. The molecule has 1 saturated carbocycles. The lowest BCUT2D eigenvalue weighted by Gasteiger charge is -2.18. The molecule has 0 aliphatic heterocycles. The number of rotatable bonds is 3. The monoisotopic (exact) mass is 261 g/mol. The van der Waals surface area contributed by atoms with E-state index >= 15 is 0 Å². The smallest absolute Gasteiger partial charge is 0.307 e. The molecular weight excluding hydrogens is 242 g/mol. The predicted molar refractivity (Wildman–Crippen MR) is 73.0 cm³/mol. The maximum absolute atomic E-state index is 12.4. The molecule has 0 spiro atoms. The fourth-order valence-corrected chi connectivity index (χ4v) is 2.66. The van der Waals surface area contributed by atoms with Crippen LogP contribution in [-0.2, 0) is 9.59 Å². The summed E-state index contributed by atoms with van der Waals surface area (Å²) in [5.41, 5.74) is 1.46. The van der Waals surface area contributed by atoms with Crippen LogP contribution in [0, 0.1) is 24.2 Å². The molecule has 4 nitrogen and oxygen atoms in total. The Morgan fingerprint density at radius 2 is 1.68 bits per heavy atom. The summed E-state index contributed by atoms with van der Waals surface area (Å²) in [4.78, 5) is 25.1. The van der Waals surface area contributed by atoms with Crippen LogP contribution < -0.4 is 4.90 Å². The van der Waals surface area contributed by atoms with E-state index in [4.69, 9.17) is 5.11 Å². The van der Waals surface area contributed by atoms with Gasteiger partial charge in [0.1, 0.15) is 0 Å². The quantitative estimate of drug-likeness (QED) is 0.908. The predicted octanol–water partition coefficient (Wildman–Crippen LogP) is 2.31. The van der Waals surface area contributed by atoms with E-state index in [0.29, 0.717) is 0 Å². The second-order valence-electron chi connectivity index (χ2n) is 5.85. The highest BCUT2D eigenvalue weighted by atomic mass is 16.4. The highest BCUT2D eigenvalue weighted by Crippen LogP contribution is 2.59. The van der Waals surface area contributed by atoms with Crippen LogP contribution in [0.25, 0.3) is 0 Å². The number of hydrogen-bond acceptors (Lipinski definition) is 2. The SMILES string of the molecule is Cc1ccc(N(C)C(=O)[C@@H]2[C@H](C(=O)O)C2(C)C)cc1. The average molecular weight is 261 g/mol. The van der Waals surface area contributed by atoms with Crippen LogP contribution >= 0.6 is 0 Å². The van der Waals surface area contributed by atoms with Gasteiger partial charge in [0.2, 0.25) is 5.91 Å². The highest BCUT2D eigenvalue weighted by molar-refractivity contribution is 6.01. The van der Waals surface area contributed by atoms with E-state index in [1.165, 1.54) is 0 Å². The number of carbonyl (C=O) groups is 2. The van der Waals surface area contributed by atoms with Crippen molar-refractivity contribution in [2.24, 2.45) is 17.3 Å². The van der Waals surface area contributed by atoms with Crippen molar-refractivity contribution in [3.05, 3.63) is 29.8 Å². The van der Waals surface area contributed by atoms with Gasteiger partial charge in [-0.05, 0) is 24.5 Å². The molecule has 1 fully saturated rings. The van der Waals surface area contributed by atoms with E-state index in [2.05, 4.69) is 0 Å². The first-order valence-corrected chi connectivity index (χ1v) is 6.34. The summed E-state index contributed by atoms with van der Waals surface area (Å²) >= 11 is 0. The minimum atomic E-state index is -0.888. The van der Waals surface area contributed by atoms with Gasteiger partial charge in [0.05, 0.1) is 11.8 Å². The molecule has 0 bridgehead atoms. The van der Waals surface area contributed by atoms with Crippen molar-refractivity contribution >= 4 is 17.6 Å². The average Bonchev–Trinajstić information content (AvgIpc) is 2.91. The van der Waals surface area contributed by atoms with Gasteiger partial charge in [-0.1, -0.05) is 31.5 Å². The number of carboxylic acids is 1. The first-order chi connectivity index (χ1) is 8.76. The van der Waals surface area contributed by atoms with Crippen LogP contribution in [0.15, 0.2) is 24.3 Å². The molecule has 1 aromatic carbocycles. The number of anilines is 1. The summed E-state index contributed by atoms with van der Waals surface area (Å²) in [5, 5.41) is 9.13. The zero-order valence-electron chi connectivity index (χ0n) is 11.7. The minimum absolute atomic E-state index is 0.124. The second-order valence-corrected chi connectivity index (χ2v) is 5.85. The Morgan fingerprint density at radius 1 is 1.16 bits per heavy atom. The van der Waals surface area contributed by atoms with Crippen LogP contribution in [0.5, 0.6) is 0 Å². The van der Waals surface area contributed by atoms with Gasteiger partial charge in [-0.15, -0.1) is 0 Å². The Balaban J connectivity index is 2.17. The Morgan fingerprint density at radius 3 is 2.11 bits per heavy atom. The molecule has 102 valence electrons. The number of carbonyl (C=O) groups excluding carboxylic acids is 1. The zero-order chi connectivity index (χ0) is 14.4. The maximum atomic E-state index is 12.4. The van der Waals surface area contributed by atoms with Gasteiger partial charge in [0.15, 0.2) is 0 Å². The Hall–Kier alpha value is -1.84. The number of benzene rings is 1. The summed E-state index contributed by atoms with van der Waals surface area (Å²) in [7, 11) is 1.69. The topological polar surface area (TPSA) is 57.6 Å². The number of nitrogens with zero attached hydrogens (tertiary/aromatic N) is 1. The number of amides is 1. The second kappa shape index (κ2) is 4.37. The highest BCUT2D eigenvalue weighted by Gasteiger charge is 2.66. The molecule has 1 aromatic rings. The molecular formula is C15H19NO3. The first-order valence-electron chi connectivity index (χ1n) is 6.34. The fraction of sp³-hybridized carbons (Fsp3) is 0.467. The summed E-state index contributed by atoms with van der Waals surface area (Å²) in [6.45, 7) is 5.64. The van der Waals surface area contributed by atoms with Crippen LogP contribution in [0.3, 0.4) is 0 Å². The van der Waals surface area contributed by atoms with Crippen molar-refractivity contribution in [1.82, 2.24) is 0 Å².